The Balaban J connectivity index is 2.07. The average Bonchev–Trinajstić information content (AvgIpc) is 2.77. The number of nitrogens with zero attached hydrogens (tertiary/aromatic N) is 1. The van der Waals surface area contributed by atoms with Crippen LogP contribution in [0.3, 0.4) is 0 Å². The Kier molecular flexibility index (Phi) is 3.72. The Bertz CT molecular complexity index is 523. The maximum atomic E-state index is 6.01. The molecule has 0 bridgehead atoms. The van der Waals surface area contributed by atoms with Gasteiger partial charge in [0, 0.05) is 6.07 Å². The second kappa shape index (κ2) is 5.44. The van der Waals surface area contributed by atoms with Crippen molar-refractivity contribution in [3.05, 3.63) is 35.7 Å². The van der Waals surface area contributed by atoms with E-state index in [0.29, 0.717) is 24.6 Å². The molecule has 0 amide bonds. The lowest BCUT2D eigenvalue weighted by Crippen LogP contribution is -2.04. The number of nitrogens with two attached hydrogens (primary N) is 1. The summed E-state index contributed by atoms with van der Waals surface area (Å²) in [7, 11) is 0. The standard InChI is InChI=1S/C13H17N3O2/c1-3-17-12-6-4-5-11(13(12)14)15-8-10-7-9(2)16-18-10/h4-7,15H,3,8,14H2,1-2H3. The molecular weight excluding hydrogens is 230 g/mol. The molecule has 0 radical (unpaired) electrons. The van der Waals surface area contributed by atoms with Crippen molar-refractivity contribution in [2.45, 2.75) is 20.4 Å². The summed E-state index contributed by atoms with van der Waals surface area (Å²) in [6, 6.07) is 7.54. The smallest absolute Gasteiger partial charge is 0.156 e. The van der Waals surface area contributed by atoms with Crippen molar-refractivity contribution in [3.63, 3.8) is 0 Å². The number of aromatic nitrogens is 1. The van der Waals surface area contributed by atoms with Gasteiger partial charge in [-0.1, -0.05) is 11.2 Å². The molecule has 0 saturated heterocycles. The highest BCUT2D eigenvalue weighted by molar-refractivity contribution is 5.72. The average molecular weight is 247 g/mol. The van der Waals surface area contributed by atoms with Gasteiger partial charge in [-0.15, -0.1) is 0 Å². The van der Waals surface area contributed by atoms with Gasteiger partial charge in [-0.25, -0.2) is 0 Å². The van der Waals surface area contributed by atoms with Crippen LogP contribution in [-0.2, 0) is 6.54 Å². The molecule has 0 aliphatic rings. The van der Waals surface area contributed by atoms with Crippen molar-refractivity contribution in [2.75, 3.05) is 17.7 Å². The van der Waals surface area contributed by atoms with Crippen LogP contribution in [0.15, 0.2) is 28.8 Å². The minimum absolute atomic E-state index is 0.542. The SMILES string of the molecule is CCOc1cccc(NCc2cc(C)no2)c1N. The molecule has 0 aliphatic carbocycles. The van der Waals surface area contributed by atoms with Crippen LogP contribution >= 0.6 is 0 Å². The fourth-order valence-electron chi connectivity index (χ4n) is 1.66. The van der Waals surface area contributed by atoms with Crippen LogP contribution in [0.5, 0.6) is 5.75 Å². The minimum atomic E-state index is 0.542. The van der Waals surface area contributed by atoms with Crippen LogP contribution in [0, 0.1) is 6.92 Å². The Morgan fingerprint density at radius 3 is 2.94 bits per heavy atom. The van der Waals surface area contributed by atoms with Crippen LogP contribution in [0.25, 0.3) is 0 Å². The van der Waals surface area contributed by atoms with E-state index in [-0.39, 0.29) is 0 Å². The van der Waals surface area contributed by atoms with Gasteiger partial charge < -0.3 is 20.3 Å². The summed E-state index contributed by atoms with van der Waals surface area (Å²) in [5, 5.41) is 7.03. The van der Waals surface area contributed by atoms with Crippen LogP contribution in [0.2, 0.25) is 0 Å². The number of hydrogen-bond acceptors (Lipinski definition) is 5. The Morgan fingerprint density at radius 2 is 2.28 bits per heavy atom. The number of anilines is 2. The molecule has 3 N–H and O–H groups in total. The number of benzene rings is 1. The molecule has 0 fully saturated rings. The third-order valence-electron chi connectivity index (χ3n) is 2.50. The van der Waals surface area contributed by atoms with Gasteiger partial charge in [0.25, 0.3) is 0 Å². The van der Waals surface area contributed by atoms with Gasteiger partial charge in [0.05, 0.1) is 30.2 Å². The van der Waals surface area contributed by atoms with Crippen LogP contribution < -0.4 is 15.8 Å². The second-order valence-corrected chi connectivity index (χ2v) is 3.94. The molecule has 0 unspecified atom stereocenters. The van der Waals surface area contributed by atoms with E-state index in [4.69, 9.17) is 15.0 Å². The van der Waals surface area contributed by atoms with E-state index in [1.807, 2.05) is 38.1 Å². The first-order valence-corrected chi connectivity index (χ1v) is 5.88. The number of aryl methyl sites for hydroxylation is 1. The van der Waals surface area contributed by atoms with Gasteiger partial charge in [0.2, 0.25) is 0 Å². The van der Waals surface area contributed by atoms with E-state index in [9.17, 15) is 0 Å². The molecule has 2 rings (SSSR count). The molecule has 0 saturated carbocycles. The monoisotopic (exact) mass is 247 g/mol. The second-order valence-electron chi connectivity index (χ2n) is 3.94. The van der Waals surface area contributed by atoms with E-state index in [2.05, 4.69) is 10.5 Å². The van der Waals surface area contributed by atoms with Crippen molar-refractivity contribution >= 4 is 11.4 Å². The highest BCUT2D eigenvalue weighted by atomic mass is 16.5. The third-order valence-corrected chi connectivity index (χ3v) is 2.50. The molecule has 18 heavy (non-hydrogen) atoms. The number of rotatable bonds is 5. The predicted molar refractivity (Wildman–Crippen MR) is 70.6 cm³/mol. The van der Waals surface area contributed by atoms with Gasteiger partial charge >= 0.3 is 0 Å². The lowest BCUT2D eigenvalue weighted by atomic mass is 10.2. The quantitative estimate of drug-likeness (QED) is 0.794. The van der Waals surface area contributed by atoms with E-state index in [1.54, 1.807) is 0 Å². The largest absolute Gasteiger partial charge is 0.492 e. The van der Waals surface area contributed by atoms with E-state index in [0.717, 1.165) is 17.1 Å². The first-order valence-electron chi connectivity index (χ1n) is 5.88. The molecule has 1 aromatic carbocycles. The first kappa shape index (κ1) is 12.3. The van der Waals surface area contributed by atoms with Crippen LogP contribution in [0.1, 0.15) is 18.4 Å². The van der Waals surface area contributed by atoms with Gasteiger partial charge in [-0.2, -0.15) is 0 Å². The number of nitrogen functional groups attached to an aromatic ring is 1. The van der Waals surface area contributed by atoms with Crippen LogP contribution in [-0.4, -0.2) is 11.8 Å². The molecule has 96 valence electrons. The van der Waals surface area contributed by atoms with E-state index in [1.165, 1.54) is 0 Å². The molecule has 5 nitrogen and oxygen atoms in total. The summed E-state index contributed by atoms with van der Waals surface area (Å²) in [5.41, 5.74) is 8.30. The third kappa shape index (κ3) is 2.74. The van der Waals surface area contributed by atoms with Gasteiger partial charge in [0.1, 0.15) is 5.75 Å². The molecule has 0 atom stereocenters. The summed E-state index contributed by atoms with van der Waals surface area (Å²) >= 11 is 0. The molecule has 1 heterocycles. The summed E-state index contributed by atoms with van der Waals surface area (Å²) in [6.07, 6.45) is 0. The summed E-state index contributed by atoms with van der Waals surface area (Å²) in [6.45, 7) is 4.95. The van der Waals surface area contributed by atoms with Crippen molar-refractivity contribution in [3.8, 4) is 5.75 Å². The number of ether oxygens (including phenoxy) is 1. The predicted octanol–water partition coefficient (Wildman–Crippen LogP) is 2.58. The van der Waals surface area contributed by atoms with Crippen molar-refractivity contribution < 1.29 is 9.26 Å². The minimum Gasteiger partial charge on any atom is -0.492 e. The van der Waals surface area contributed by atoms with Gasteiger partial charge in [0.15, 0.2) is 5.76 Å². The number of para-hydroxylation sites is 1. The Labute approximate surface area is 106 Å². The fraction of sp³-hybridized carbons (Fsp3) is 0.308. The Hall–Kier alpha value is -2.17. The first-order chi connectivity index (χ1) is 8.70. The highest BCUT2D eigenvalue weighted by Gasteiger charge is 2.06. The van der Waals surface area contributed by atoms with Crippen LogP contribution in [0.4, 0.5) is 11.4 Å². The zero-order valence-corrected chi connectivity index (χ0v) is 10.6. The van der Waals surface area contributed by atoms with Crippen molar-refractivity contribution in [1.82, 2.24) is 5.16 Å². The topological polar surface area (TPSA) is 73.3 Å². The Morgan fingerprint density at radius 1 is 1.44 bits per heavy atom. The van der Waals surface area contributed by atoms with Crippen molar-refractivity contribution in [1.29, 1.82) is 0 Å². The zero-order chi connectivity index (χ0) is 13.0. The highest BCUT2D eigenvalue weighted by Crippen LogP contribution is 2.29. The molecule has 0 aliphatic heterocycles. The molecule has 0 spiro atoms. The normalized spacial score (nSPS) is 10.3. The zero-order valence-electron chi connectivity index (χ0n) is 10.6. The fourth-order valence-corrected chi connectivity index (χ4v) is 1.66. The lowest BCUT2D eigenvalue weighted by molar-refractivity contribution is 0.342. The summed E-state index contributed by atoms with van der Waals surface area (Å²) in [4.78, 5) is 0. The van der Waals surface area contributed by atoms with E-state index < -0.39 is 0 Å². The number of hydrogen-bond donors (Lipinski definition) is 2. The molecule has 1 aromatic heterocycles. The molecule has 2 aromatic rings. The molecular formula is C13H17N3O2. The maximum absolute atomic E-state index is 6.01. The maximum Gasteiger partial charge on any atom is 0.156 e. The molecule has 5 heteroatoms. The summed E-state index contributed by atoms with van der Waals surface area (Å²) < 4.78 is 10.6. The summed E-state index contributed by atoms with van der Waals surface area (Å²) in [5.74, 6) is 1.46. The lowest BCUT2D eigenvalue weighted by Gasteiger charge is -2.12. The van der Waals surface area contributed by atoms with Crippen molar-refractivity contribution in [2.24, 2.45) is 0 Å². The number of nitrogens with one attached hydrogen (secondary N) is 1. The van der Waals surface area contributed by atoms with Gasteiger partial charge in [-0.3, -0.25) is 0 Å². The van der Waals surface area contributed by atoms with E-state index >= 15 is 0 Å². The van der Waals surface area contributed by atoms with Gasteiger partial charge in [-0.05, 0) is 26.0 Å².